The van der Waals surface area contributed by atoms with Crippen LogP contribution in [-0.2, 0) is 5.41 Å². The molecule has 0 saturated heterocycles. The largest absolute Gasteiger partial charge is 0.0625 e. The topological polar surface area (TPSA) is 0 Å². The van der Waals surface area contributed by atoms with Crippen molar-refractivity contribution in [3.8, 4) is 0 Å². The van der Waals surface area contributed by atoms with E-state index in [2.05, 4.69) is 52.0 Å². The van der Waals surface area contributed by atoms with Crippen molar-refractivity contribution in [2.75, 3.05) is 0 Å². The minimum absolute atomic E-state index is 0.276. The summed E-state index contributed by atoms with van der Waals surface area (Å²) in [5.41, 5.74) is 3.33. The Bertz CT molecular complexity index is 362. The Labute approximate surface area is 106 Å². The first-order valence-corrected chi connectivity index (χ1v) is 7.07. The molecule has 0 radical (unpaired) electrons. The van der Waals surface area contributed by atoms with Crippen molar-refractivity contribution in [2.45, 2.75) is 64.7 Å². The SMILES string of the molecule is CC1CCC(c2cccc(C(C)(C)C)c2)CC1. The number of hydrogen-bond acceptors (Lipinski definition) is 0. The van der Waals surface area contributed by atoms with Gasteiger partial charge in [0.2, 0.25) is 0 Å². The van der Waals surface area contributed by atoms with E-state index in [1.807, 2.05) is 0 Å². The molecule has 17 heavy (non-hydrogen) atoms. The Kier molecular flexibility index (Phi) is 3.61. The molecule has 2 rings (SSSR count). The van der Waals surface area contributed by atoms with Gasteiger partial charge in [0.05, 0.1) is 0 Å². The van der Waals surface area contributed by atoms with Crippen LogP contribution in [0.5, 0.6) is 0 Å². The summed E-state index contributed by atoms with van der Waals surface area (Å²) in [6.07, 6.45) is 5.58. The van der Waals surface area contributed by atoms with E-state index in [4.69, 9.17) is 0 Å². The fraction of sp³-hybridized carbons (Fsp3) is 0.647. The monoisotopic (exact) mass is 230 g/mol. The van der Waals surface area contributed by atoms with Gasteiger partial charge in [-0.3, -0.25) is 0 Å². The van der Waals surface area contributed by atoms with E-state index < -0.39 is 0 Å². The maximum Gasteiger partial charge on any atom is -0.0132 e. The molecule has 0 aromatic heterocycles. The highest BCUT2D eigenvalue weighted by molar-refractivity contribution is 5.31. The van der Waals surface area contributed by atoms with Crippen molar-refractivity contribution in [1.29, 1.82) is 0 Å². The van der Waals surface area contributed by atoms with Gasteiger partial charge in [0.25, 0.3) is 0 Å². The van der Waals surface area contributed by atoms with E-state index in [1.165, 1.54) is 31.2 Å². The third kappa shape index (κ3) is 3.12. The molecule has 1 aromatic carbocycles. The van der Waals surface area contributed by atoms with Crippen LogP contribution in [0, 0.1) is 5.92 Å². The molecular formula is C17H26. The Morgan fingerprint density at radius 3 is 2.24 bits per heavy atom. The van der Waals surface area contributed by atoms with Crippen LogP contribution in [0.1, 0.15) is 70.4 Å². The fourth-order valence-corrected chi connectivity index (χ4v) is 2.85. The average molecular weight is 230 g/mol. The number of benzene rings is 1. The maximum absolute atomic E-state index is 2.45. The highest BCUT2D eigenvalue weighted by Gasteiger charge is 2.21. The van der Waals surface area contributed by atoms with Gasteiger partial charge in [-0.05, 0) is 41.2 Å². The van der Waals surface area contributed by atoms with Crippen LogP contribution in [0.4, 0.5) is 0 Å². The molecule has 0 bridgehead atoms. The lowest BCUT2D eigenvalue weighted by atomic mass is 9.77. The molecule has 0 spiro atoms. The van der Waals surface area contributed by atoms with Gasteiger partial charge in [0, 0.05) is 0 Å². The molecule has 0 N–H and O–H groups in total. The van der Waals surface area contributed by atoms with Crippen molar-refractivity contribution in [1.82, 2.24) is 0 Å². The first kappa shape index (κ1) is 12.7. The van der Waals surface area contributed by atoms with Crippen LogP contribution in [-0.4, -0.2) is 0 Å². The van der Waals surface area contributed by atoms with E-state index >= 15 is 0 Å². The lowest BCUT2D eigenvalue weighted by Gasteiger charge is -2.28. The lowest BCUT2D eigenvalue weighted by molar-refractivity contribution is 0.347. The maximum atomic E-state index is 2.45. The van der Waals surface area contributed by atoms with Crippen LogP contribution < -0.4 is 0 Å². The predicted molar refractivity (Wildman–Crippen MR) is 75.5 cm³/mol. The van der Waals surface area contributed by atoms with E-state index in [9.17, 15) is 0 Å². The molecule has 94 valence electrons. The summed E-state index contributed by atoms with van der Waals surface area (Å²) in [7, 11) is 0. The highest BCUT2D eigenvalue weighted by Crippen LogP contribution is 2.36. The first-order valence-electron chi connectivity index (χ1n) is 7.07. The summed E-state index contributed by atoms with van der Waals surface area (Å²) in [4.78, 5) is 0. The van der Waals surface area contributed by atoms with Crippen LogP contribution in [0.3, 0.4) is 0 Å². The Hall–Kier alpha value is -0.780. The zero-order valence-corrected chi connectivity index (χ0v) is 11.8. The molecule has 0 nitrogen and oxygen atoms in total. The third-order valence-electron chi connectivity index (χ3n) is 4.24. The standard InChI is InChI=1S/C17H26/c1-13-8-10-14(11-9-13)15-6-5-7-16(12-15)17(2,3)4/h5-7,12-14H,8-11H2,1-4H3. The second-order valence-corrected chi connectivity index (χ2v) is 6.83. The molecule has 1 aliphatic rings. The summed E-state index contributed by atoms with van der Waals surface area (Å²) in [5.74, 6) is 1.76. The number of hydrogen-bond donors (Lipinski definition) is 0. The fourth-order valence-electron chi connectivity index (χ4n) is 2.85. The van der Waals surface area contributed by atoms with Crippen molar-refractivity contribution >= 4 is 0 Å². The molecule has 0 heteroatoms. The predicted octanol–water partition coefficient (Wildman–Crippen LogP) is 5.28. The molecular weight excluding hydrogens is 204 g/mol. The van der Waals surface area contributed by atoms with Crippen molar-refractivity contribution in [2.24, 2.45) is 5.92 Å². The molecule has 0 amide bonds. The van der Waals surface area contributed by atoms with Crippen molar-refractivity contribution in [3.05, 3.63) is 35.4 Å². The number of rotatable bonds is 1. The van der Waals surface area contributed by atoms with E-state index in [-0.39, 0.29) is 5.41 Å². The summed E-state index contributed by atoms with van der Waals surface area (Å²) >= 11 is 0. The van der Waals surface area contributed by atoms with Crippen LogP contribution in [0.2, 0.25) is 0 Å². The van der Waals surface area contributed by atoms with Gasteiger partial charge in [-0.15, -0.1) is 0 Å². The molecule has 1 saturated carbocycles. The van der Waals surface area contributed by atoms with Gasteiger partial charge in [0.1, 0.15) is 0 Å². The van der Waals surface area contributed by atoms with Gasteiger partial charge in [-0.2, -0.15) is 0 Å². The molecule has 1 fully saturated rings. The minimum Gasteiger partial charge on any atom is -0.0625 e. The summed E-state index contributed by atoms with van der Waals surface area (Å²) in [5, 5.41) is 0. The molecule has 0 heterocycles. The second kappa shape index (κ2) is 4.84. The highest BCUT2D eigenvalue weighted by atomic mass is 14.3. The average Bonchev–Trinajstić information content (AvgIpc) is 2.29. The third-order valence-corrected chi connectivity index (χ3v) is 4.24. The smallest absolute Gasteiger partial charge is 0.0132 e. The first-order chi connectivity index (χ1) is 7.97. The molecule has 0 unspecified atom stereocenters. The van der Waals surface area contributed by atoms with Gasteiger partial charge >= 0.3 is 0 Å². The van der Waals surface area contributed by atoms with Crippen LogP contribution >= 0.6 is 0 Å². The van der Waals surface area contributed by atoms with E-state index in [0.717, 1.165) is 11.8 Å². The van der Waals surface area contributed by atoms with Crippen LogP contribution in [0.25, 0.3) is 0 Å². The van der Waals surface area contributed by atoms with Gasteiger partial charge in [-0.1, -0.05) is 64.8 Å². The van der Waals surface area contributed by atoms with Gasteiger partial charge in [-0.25, -0.2) is 0 Å². The van der Waals surface area contributed by atoms with Gasteiger partial charge in [0.15, 0.2) is 0 Å². The summed E-state index contributed by atoms with van der Waals surface area (Å²) in [6, 6.07) is 9.29. The second-order valence-electron chi connectivity index (χ2n) is 6.83. The lowest BCUT2D eigenvalue weighted by Crippen LogP contribution is -2.14. The Morgan fingerprint density at radius 2 is 1.65 bits per heavy atom. The molecule has 0 aliphatic heterocycles. The summed E-state index contributed by atoms with van der Waals surface area (Å²) < 4.78 is 0. The Balaban J connectivity index is 2.16. The van der Waals surface area contributed by atoms with Crippen molar-refractivity contribution in [3.63, 3.8) is 0 Å². The van der Waals surface area contributed by atoms with Crippen LogP contribution in [0.15, 0.2) is 24.3 Å². The normalized spacial score (nSPS) is 25.9. The summed E-state index contributed by atoms with van der Waals surface area (Å²) in [6.45, 7) is 9.29. The molecule has 0 atom stereocenters. The zero-order chi connectivity index (χ0) is 12.5. The van der Waals surface area contributed by atoms with E-state index in [1.54, 1.807) is 5.56 Å². The minimum atomic E-state index is 0.276. The molecule has 1 aliphatic carbocycles. The van der Waals surface area contributed by atoms with Gasteiger partial charge < -0.3 is 0 Å². The molecule has 1 aromatic rings. The van der Waals surface area contributed by atoms with E-state index in [0.29, 0.717) is 0 Å². The quantitative estimate of drug-likeness (QED) is 0.616. The zero-order valence-electron chi connectivity index (χ0n) is 11.8. The van der Waals surface area contributed by atoms with Crippen molar-refractivity contribution < 1.29 is 0 Å². The Morgan fingerprint density at radius 1 is 1.00 bits per heavy atom.